The van der Waals surface area contributed by atoms with Crippen LogP contribution in [0.2, 0.25) is 0 Å². The molecule has 0 bridgehead atoms. The number of anilines is 2. The van der Waals surface area contributed by atoms with E-state index in [0.29, 0.717) is 17.4 Å². The maximum absolute atomic E-state index is 12.8. The second-order valence-electron chi connectivity index (χ2n) is 6.16. The maximum atomic E-state index is 12.8. The van der Waals surface area contributed by atoms with Gasteiger partial charge in [0.1, 0.15) is 0 Å². The van der Waals surface area contributed by atoms with Gasteiger partial charge in [-0.05, 0) is 48.5 Å². The number of halogens is 2. The third-order valence-corrected chi connectivity index (χ3v) is 6.83. The minimum absolute atomic E-state index is 0.0269. The van der Waals surface area contributed by atoms with E-state index in [1.807, 2.05) is 0 Å². The predicted octanol–water partition coefficient (Wildman–Crippen LogP) is 5.08. The van der Waals surface area contributed by atoms with E-state index in [0.717, 1.165) is 4.31 Å². The normalized spacial score (nSPS) is 11.3. The average Bonchev–Trinajstić information content (AvgIpc) is 2.75. The van der Waals surface area contributed by atoms with Crippen molar-refractivity contribution in [3.05, 3.63) is 84.4 Å². The number of benzene rings is 3. The summed E-state index contributed by atoms with van der Waals surface area (Å²) in [6.45, 7) is 0. The summed E-state index contributed by atoms with van der Waals surface area (Å²) < 4.78 is 52.1. The highest BCUT2D eigenvalue weighted by Crippen LogP contribution is 2.32. The van der Waals surface area contributed by atoms with Gasteiger partial charge in [0.25, 0.3) is 21.7 Å². The van der Waals surface area contributed by atoms with Gasteiger partial charge in [0, 0.05) is 17.5 Å². The Hall–Kier alpha value is -2.91. The summed E-state index contributed by atoms with van der Waals surface area (Å²) in [7, 11) is -2.35. The molecular formula is C21H18F2N2O3S2. The maximum Gasteiger partial charge on any atom is 0.288 e. The summed E-state index contributed by atoms with van der Waals surface area (Å²) in [5.74, 6) is -3.15. The largest absolute Gasteiger partial charge is 0.321 e. The van der Waals surface area contributed by atoms with Gasteiger partial charge >= 0.3 is 0 Å². The van der Waals surface area contributed by atoms with E-state index in [4.69, 9.17) is 0 Å². The first-order chi connectivity index (χ1) is 14.3. The van der Waals surface area contributed by atoms with Crippen LogP contribution in [-0.2, 0) is 10.0 Å². The molecule has 3 aromatic rings. The lowest BCUT2D eigenvalue weighted by atomic mass is 10.2. The number of nitrogens with zero attached hydrogens (tertiary/aromatic N) is 1. The zero-order chi connectivity index (χ0) is 21.7. The predicted molar refractivity (Wildman–Crippen MR) is 115 cm³/mol. The zero-order valence-corrected chi connectivity index (χ0v) is 17.5. The van der Waals surface area contributed by atoms with E-state index < -0.39 is 21.7 Å². The van der Waals surface area contributed by atoms with Gasteiger partial charge in [0.15, 0.2) is 0 Å². The van der Waals surface area contributed by atoms with Crippen LogP contribution in [0.15, 0.2) is 88.7 Å². The fourth-order valence-electron chi connectivity index (χ4n) is 2.68. The Morgan fingerprint density at radius 3 is 2.17 bits per heavy atom. The fourth-order valence-corrected chi connectivity index (χ4v) is 4.47. The number of hydrogen-bond donors (Lipinski definition) is 1. The molecular weight excluding hydrogens is 430 g/mol. The zero-order valence-electron chi connectivity index (χ0n) is 15.8. The van der Waals surface area contributed by atoms with Crippen LogP contribution in [-0.4, -0.2) is 27.1 Å². The molecule has 5 nitrogen and oxygen atoms in total. The minimum atomic E-state index is -3.80. The van der Waals surface area contributed by atoms with Crippen molar-refractivity contribution >= 4 is 39.1 Å². The second-order valence-corrected chi connectivity index (χ2v) is 9.16. The highest BCUT2D eigenvalue weighted by Gasteiger charge is 2.21. The number of carbonyl (C=O) groups excluding carboxylic acids is 1. The number of hydrogen-bond acceptors (Lipinski definition) is 4. The lowest BCUT2D eigenvalue weighted by Gasteiger charge is -2.19. The van der Waals surface area contributed by atoms with Crippen LogP contribution in [0.1, 0.15) is 10.4 Å². The van der Waals surface area contributed by atoms with Gasteiger partial charge in [-0.15, -0.1) is 0 Å². The standard InChI is InChI=1S/C21H18F2N2O3S2/c1-25(16-7-3-2-4-8-16)30(27,28)17-13-11-15(12-14-17)20(26)24-18-9-5-6-10-19(18)29-21(22)23/h2-14,21H,1H3,(H,24,26). The molecule has 0 aliphatic carbocycles. The van der Waals surface area contributed by atoms with E-state index in [1.54, 1.807) is 42.5 Å². The average molecular weight is 449 g/mol. The number of sulfonamides is 1. The molecule has 1 N–H and O–H groups in total. The monoisotopic (exact) mass is 448 g/mol. The lowest BCUT2D eigenvalue weighted by molar-refractivity contribution is 0.102. The number of nitrogens with one attached hydrogen (secondary N) is 1. The van der Waals surface area contributed by atoms with E-state index in [1.165, 1.54) is 43.4 Å². The first-order valence-electron chi connectivity index (χ1n) is 8.78. The van der Waals surface area contributed by atoms with Crippen LogP contribution in [0.3, 0.4) is 0 Å². The highest BCUT2D eigenvalue weighted by molar-refractivity contribution is 7.99. The molecule has 0 saturated carbocycles. The number of para-hydroxylation sites is 2. The third-order valence-electron chi connectivity index (χ3n) is 4.25. The molecule has 9 heteroatoms. The van der Waals surface area contributed by atoms with Crippen molar-refractivity contribution in [2.45, 2.75) is 15.5 Å². The van der Waals surface area contributed by atoms with Crippen molar-refractivity contribution in [3.8, 4) is 0 Å². The fraction of sp³-hybridized carbons (Fsp3) is 0.0952. The molecule has 0 heterocycles. The molecule has 156 valence electrons. The van der Waals surface area contributed by atoms with Crippen molar-refractivity contribution in [1.29, 1.82) is 0 Å². The quantitative estimate of drug-likeness (QED) is 0.512. The van der Waals surface area contributed by atoms with Crippen LogP contribution in [0.4, 0.5) is 20.2 Å². The highest BCUT2D eigenvalue weighted by atomic mass is 32.2. The molecule has 0 unspecified atom stereocenters. The van der Waals surface area contributed by atoms with E-state index in [9.17, 15) is 22.0 Å². The van der Waals surface area contributed by atoms with Crippen LogP contribution in [0.25, 0.3) is 0 Å². The molecule has 0 fully saturated rings. The number of rotatable bonds is 7. The van der Waals surface area contributed by atoms with Crippen molar-refractivity contribution in [3.63, 3.8) is 0 Å². The lowest BCUT2D eigenvalue weighted by Crippen LogP contribution is -2.26. The van der Waals surface area contributed by atoms with Crippen molar-refractivity contribution < 1.29 is 22.0 Å². The summed E-state index contributed by atoms with van der Waals surface area (Å²) in [5, 5.41) is 2.59. The number of thioether (sulfide) groups is 1. The Balaban J connectivity index is 1.78. The Kier molecular flexibility index (Phi) is 6.73. The number of alkyl halides is 2. The van der Waals surface area contributed by atoms with Gasteiger partial charge in [0.2, 0.25) is 0 Å². The third kappa shape index (κ3) is 4.98. The molecule has 0 spiro atoms. The number of carbonyl (C=O) groups is 1. The Labute approximate surface area is 177 Å². The molecule has 3 rings (SSSR count). The summed E-state index contributed by atoms with van der Waals surface area (Å²) in [6, 6.07) is 20.3. The Morgan fingerprint density at radius 2 is 1.53 bits per heavy atom. The first-order valence-corrected chi connectivity index (χ1v) is 11.1. The summed E-state index contributed by atoms with van der Waals surface area (Å²) in [5.41, 5.74) is 0.967. The van der Waals surface area contributed by atoms with Crippen molar-refractivity contribution in [2.75, 3.05) is 16.7 Å². The molecule has 0 aliphatic rings. The summed E-state index contributed by atoms with van der Waals surface area (Å²) >= 11 is 0.336. The Morgan fingerprint density at radius 1 is 0.933 bits per heavy atom. The SMILES string of the molecule is CN(c1ccccc1)S(=O)(=O)c1ccc(C(=O)Nc2ccccc2SC(F)F)cc1. The molecule has 3 aromatic carbocycles. The van der Waals surface area contributed by atoms with Gasteiger partial charge in [-0.3, -0.25) is 9.10 Å². The van der Waals surface area contributed by atoms with Crippen LogP contribution < -0.4 is 9.62 Å². The molecule has 0 aromatic heterocycles. The molecule has 1 amide bonds. The molecule has 0 saturated heterocycles. The van der Waals surface area contributed by atoms with Gasteiger partial charge < -0.3 is 5.32 Å². The van der Waals surface area contributed by atoms with E-state index in [-0.39, 0.29) is 21.0 Å². The van der Waals surface area contributed by atoms with Gasteiger partial charge in [-0.25, -0.2) is 8.42 Å². The molecule has 0 radical (unpaired) electrons. The number of amides is 1. The summed E-state index contributed by atoms with van der Waals surface area (Å²) in [6.07, 6.45) is 0. The molecule has 0 aliphatic heterocycles. The Bertz CT molecular complexity index is 1120. The summed E-state index contributed by atoms with van der Waals surface area (Å²) in [4.78, 5) is 12.8. The van der Waals surface area contributed by atoms with E-state index in [2.05, 4.69) is 5.32 Å². The van der Waals surface area contributed by atoms with Crippen LogP contribution in [0.5, 0.6) is 0 Å². The second kappa shape index (κ2) is 9.27. The van der Waals surface area contributed by atoms with E-state index >= 15 is 0 Å². The molecule has 0 atom stereocenters. The smallest absolute Gasteiger partial charge is 0.288 e. The van der Waals surface area contributed by atoms with Gasteiger partial charge in [-0.2, -0.15) is 8.78 Å². The van der Waals surface area contributed by atoms with Crippen molar-refractivity contribution in [1.82, 2.24) is 0 Å². The minimum Gasteiger partial charge on any atom is -0.321 e. The van der Waals surface area contributed by atoms with Gasteiger partial charge in [-0.1, -0.05) is 42.1 Å². The van der Waals surface area contributed by atoms with Crippen LogP contribution in [0, 0.1) is 0 Å². The molecule has 30 heavy (non-hydrogen) atoms. The van der Waals surface area contributed by atoms with Gasteiger partial charge in [0.05, 0.1) is 16.3 Å². The van der Waals surface area contributed by atoms with Crippen molar-refractivity contribution in [2.24, 2.45) is 0 Å². The first kappa shape index (κ1) is 21.8. The topological polar surface area (TPSA) is 66.5 Å². The van der Waals surface area contributed by atoms with Crippen LogP contribution >= 0.6 is 11.8 Å².